The van der Waals surface area contributed by atoms with Crippen LogP contribution in [0, 0.1) is 5.41 Å². The van der Waals surface area contributed by atoms with Crippen LogP contribution < -0.4 is 0 Å². The van der Waals surface area contributed by atoms with E-state index < -0.39 is 8.07 Å². The SMILES string of the molecule is C[Si](C)(C)CSC(=N)c1ccccc1. The van der Waals surface area contributed by atoms with Gasteiger partial charge in [-0.25, -0.2) is 0 Å². The van der Waals surface area contributed by atoms with Crippen molar-refractivity contribution in [3.8, 4) is 0 Å². The maximum atomic E-state index is 7.89. The molecule has 1 N–H and O–H groups in total. The van der Waals surface area contributed by atoms with E-state index in [9.17, 15) is 0 Å². The zero-order valence-corrected chi connectivity index (χ0v) is 10.8. The second kappa shape index (κ2) is 4.80. The molecular weight excluding hydrogens is 206 g/mol. The lowest BCUT2D eigenvalue weighted by atomic mass is 10.2. The van der Waals surface area contributed by atoms with Crippen LogP contribution in [0.3, 0.4) is 0 Å². The number of thioether (sulfide) groups is 1. The van der Waals surface area contributed by atoms with Gasteiger partial charge in [-0.05, 0) is 5.38 Å². The fourth-order valence-electron chi connectivity index (χ4n) is 0.962. The molecule has 0 amide bonds. The Morgan fingerprint density at radius 3 is 2.29 bits per heavy atom. The molecule has 76 valence electrons. The van der Waals surface area contributed by atoms with E-state index >= 15 is 0 Å². The third kappa shape index (κ3) is 4.11. The molecule has 14 heavy (non-hydrogen) atoms. The van der Waals surface area contributed by atoms with Crippen LogP contribution in [0.1, 0.15) is 5.56 Å². The maximum absolute atomic E-state index is 7.89. The molecule has 1 rings (SSSR count). The third-order valence-corrected chi connectivity index (χ3v) is 6.25. The molecule has 0 aliphatic carbocycles. The summed E-state index contributed by atoms with van der Waals surface area (Å²) in [6.45, 7) is 6.99. The van der Waals surface area contributed by atoms with Gasteiger partial charge in [0.15, 0.2) is 0 Å². The highest BCUT2D eigenvalue weighted by Crippen LogP contribution is 2.16. The molecule has 0 aliphatic rings. The first kappa shape index (κ1) is 11.5. The van der Waals surface area contributed by atoms with Crippen molar-refractivity contribution >= 4 is 24.9 Å². The van der Waals surface area contributed by atoms with Crippen molar-refractivity contribution in [3.63, 3.8) is 0 Å². The minimum Gasteiger partial charge on any atom is -0.293 e. The van der Waals surface area contributed by atoms with Gasteiger partial charge < -0.3 is 0 Å². The second-order valence-electron chi connectivity index (χ2n) is 4.54. The van der Waals surface area contributed by atoms with E-state index in [0.29, 0.717) is 5.04 Å². The molecule has 0 saturated heterocycles. The molecule has 0 spiro atoms. The van der Waals surface area contributed by atoms with Crippen LogP contribution in [0.5, 0.6) is 0 Å². The van der Waals surface area contributed by atoms with Crippen molar-refractivity contribution in [2.75, 3.05) is 5.38 Å². The summed E-state index contributed by atoms with van der Waals surface area (Å²) in [6.07, 6.45) is 0. The lowest BCUT2D eigenvalue weighted by Gasteiger charge is -2.15. The summed E-state index contributed by atoms with van der Waals surface area (Å²) in [6, 6.07) is 9.96. The molecule has 0 heterocycles. The van der Waals surface area contributed by atoms with Crippen LogP contribution in [0.15, 0.2) is 30.3 Å². The molecule has 0 aromatic heterocycles. The highest BCUT2D eigenvalue weighted by Gasteiger charge is 2.14. The molecule has 0 saturated carbocycles. The molecule has 1 aromatic carbocycles. The average Bonchev–Trinajstić information content (AvgIpc) is 2.14. The van der Waals surface area contributed by atoms with E-state index in [2.05, 4.69) is 19.6 Å². The van der Waals surface area contributed by atoms with Gasteiger partial charge in [0.2, 0.25) is 0 Å². The minimum absolute atomic E-state index is 0.702. The molecule has 3 heteroatoms. The Morgan fingerprint density at radius 1 is 1.21 bits per heavy atom. The first-order valence-electron chi connectivity index (χ1n) is 4.76. The second-order valence-corrected chi connectivity index (χ2v) is 11.5. The molecule has 0 fully saturated rings. The number of hydrogen-bond donors (Lipinski definition) is 1. The van der Waals surface area contributed by atoms with Gasteiger partial charge in [0.1, 0.15) is 0 Å². The van der Waals surface area contributed by atoms with Crippen molar-refractivity contribution in [3.05, 3.63) is 35.9 Å². The Hall–Kier alpha value is -0.543. The van der Waals surface area contributed by atoms with Crippen LogP contribution in [-0.2, 0) is 0 Å². The smallest absolute Gasteiger partial charge is 0.0939 e. The monoisotopic (exact) mass is 223 g/mol. The van der Waals surface area contributed by atoms with E-state index in [0.717, 1.165) is 10.9 Å². The number of benzene rings is 1. The molecule has 0 bridgehead atoms. The van der Waals surface area contributed by atoms with Gasteiger partial charge in [0, 0.05) is 5.56 Å². The molecule has 0 atom stereocenters. The molecule has 0 aliphatic heterocycles. The molecule has 0 radical (unpaired) electrons. The zero-order chi connectivity index (χ0) is 10.6. The Labute approximate surface area is 91.4 Å². The topological polar surface area (TPSA) is 23.9 Å². The van der Waals surface area contributed by atoms with Gasteiger partial charge in [-0.1, -0.05) is 50.0 Å². The Morgan fingerprint density at radius 2 is 1.79 bits per heavy atom. The first-order chi connectivity index (χ1) is 6.49. The summed E-state index contributed by atoms with van der Waals surface area (Å²) in [5.41, 5.74) is 1.04. The lowest BCUT2D eigenvalue weighted by molar-refractivity contribution is 1.52. The normalized spacial score (nSPS) is 11.4. The van der Waals surface area contributed by atoms with E-state index in [-0.39, 0.29) is 0 Å². The van der Waals surface area contributed by atoms with Gasteiger partial charge in [-0.15, -0.1) is 11.8 Å². The van der Waals surface area contributed by atoms with Gasteiger partial charge in [-0.2, -0.15) is 0 Å². The minimum atomic E-state index is -1.03. The molecule has 1 aromatic rings. The summed E-state index contributed by atoms with van der Waals surface area (Å²) in [4.78, 5) is 0. The maximum Gasteiger partial charge on any atom is 0.0939 e. The molecule has 1 nitrogen and oxygen atoms in total. The van der Waals surface area contributed by atoms with Crippen LogP contribution in [-0.4, -0.2) is 18.5 Å². The largest absolute Gasteiger partial charge is 0.293 e. The van der Waals surface area contributed by atoms with Crippen LogP contribution in [0.25, 0.3) is 0 Å². The van der Waals surface area contributed by atoms with Crippen molar-refractivity contribution in [2.45, 2.75) is 19.6 Å². The number of nitrogens with one attached hydrogen (secondary N) is 1. The van der Waals surface area contributed by atoms with E-state index in [1.165, 1.54) is 0 Å². The average molecular weight is 223 g/mol. The van der Waals surface area contributed by atoms with Crippen molar-refractivity contribution in [1.29, 1.82) is 5.41 Å². The zero-order valence-electron chi connectivity index (χ0n) is 9.00. The first-order valence-corrected chi connectivity index (χ1v) is 9.45. The summed E-state index contributed by atoms with van der Waals surface area (Å²) in [5, 5.41) is 9.72. The van der Waals surface area contributed by atoms with Crippen LogP contribution in [0.4, 0.5) is 0 Å². The van der Waals surface area contributed by atoms with Gasteiger partial charge in [0.05, 0.1) is 13.1 Å². The summed E-state index contributed by atoms with van der Waals surface area (Å²) in [5.74, 6) is 0. The predicted octanol–water partition coefficient (Wildman–Crippen LogP) is 3.62. The standard InChI is InChI=1S/C11H17NSSi/c1-14(2,3)9-13-11(12)10-7-5-4-6-8-10/h4-8,12H,9H2,1-3H3. The fourth-order valence-corrected chi connectivity index (χ4v) is 3.57. The fraction of sp³-hybridized carbons (Fsp3) is 0.364. The third-order valence-electron chi connectivity index (χ3n) is 1.69. The summed E-state index contributed by atoms with van der Waals surface area (Å²) in [7, 11) is -1.03. The van der Waals surface area contributed by atoms with E-state index in [1.54, 1.807) is 11.8 Å². The summed E-state index contributed by atoms with van der Waals surface area (Å²) < 4.78 is 0. The van der Waals surface area contributed by atoms with E-state index in [4.69, 9.17) is 5.41 Å². The van der Waals surface area contributed by atoms with Crippen molar-refractivity contribution < 1.29 is 0 Å². The Balaban J connectivity index is 2.52. The van der Waals surface area contributed by atoms with Gasteiger partial charge in [-0.3, -0.25) is 5.41 Å². The Bertz CT molecular complexity index is 303. The highest BCUT2D eigenvalue weighted by atomic mass is 32.2. The van der Waals surface area contributed by atoms with Crippen LogP contribution >= 0.6 is 11.8 Å². The van der Waals surface area contributed by atoms with Crippen molar-refractivity contribution in [2.24, 2.45) is 0 Å². The van der Waals surface area contributed by atoms with Crippen LogP contribution in [0.2, 0.25) is 19.6 Å². The van der Waals surface area contributed by atoms with Crippen molar-refractivity contribution in [1.82, 2.24) is 0 Å². The number of rotatable bonds is 3. The number of hydrogen-bond acceptors (Lipinski definition) is 2. The van der Waals surface area contributed by atoms with E-state index in [1.807, 2.05) is 30.3 Å². The summed E-state index contributed by atoms with van der Waals surface area (Å²) >= 11 is 1.68. The Kier molecular flexibility index (Phi) is 3.95. The molecular formula is C11H17NSSi. The quantitative estimate of drug-likeness (QED) is 0.472. The van der Waals surface area contributed by atoms with Gasteiger partial charge in [0.25, 0.3) is 0 Å². The lowest BCUT2D eigenvalue weighted by Crippen LogP contribution is -2.24. The highest BCUT2D eigenvalue weighted by molar-refractivity contribution is 8.15. The van der Waals surface area contributed by atoms with Gasteiger partial charge >= 0.3 is 0 Å². The molecule has 0 unspecified atom stereocenters. The predicted molar refractivity (Wildman–Crippen MR) is 69.1 cm³/mol.